The summed E-state index contributed by atoms with van der Waals surface area (Å²) in [6, 6.07) is 11.8. The van der Waals surface area contributed by atoms with Gasteiger partial charge in [-0.1, -0.05) is 36.8 Å². The van der Waals surface area contributed by atoms with Crippen molar-refractivity contribution >= 4 is 0 Å². The van der Waals surface area contributed by atoms with Gasteiger partial charge < -0.3 is 10.1 Å². The van der Waals surface area contributed by atoms with Crippen molar-refractivity contribution in [2.75, 3.05) is 33.0 Å². The van der Waals surface area contributed by atoms with Crippen LogP contribution in [0.5, 0.6) is 0 Å². The highest BCUT2D eigenvalue weighted by Crippen LogP contribution is 2.35. The minimum Gasteiger partial charge on any atom is -0.379 e. The lowest BCUT2D eigenvalue weighted by Gasteiger charge is -2.55. The van der Waals surface area contributed by atoms with E-state index in [2.05, 4.69) is 61.6 Å². The molecular weight excluding hydrogens is 340 g/mol. The first-order chi connectivity index (χ1) is 13.4. The van der Waals surface area contributed by atoms with Gasteiger partial charge in [0.15, 0.2) is 0 Å². The Morgan fingerprint density at radius 2 is 1.96 bits per heavy atom. The van der Waals surface area contributed by atoms with Crippen molar-refractivity contribution in [3.8, 4) is 0 Å². The lowest BCUT2D eigenvalue weighted by Crippen LogP contribution is -2.75. The molecule has 3 heterocycles. The number of nitrogens with zero attached hydrogens (tertiary/aromatic N) is 2. The zero-order valence-electron chi connectivity index (χ0n) is 15.9. The van der Waals surface area contributed by atoms with Crippen molar-refractivity contribution in [1.29, 1.82) is 0 Å². The second-order valence-electron chi connectivity index (χ2n) is 8.17. The van der Waals surface area contributed by atoms with E-state index >= 15 is 0 Å². The lowest BCUT2D eigenvalue weighted by atomic mass is 9.77. The van der Waals surface area contributed by atoms with Gasteiger partial charge >= 0.3 is 0 Å². The molecule has 3 aliphatic heterocycles. The van der Waals surface area contributed by atoms with E-state index < -0.39 is 0 Å². The van der Waals surface area contributed by atoms with Crippen LogP contribution in [-0.2, 0) is 11.3 Å². The average Bonchev–Trinajstić information content (AvgIpc) is 3.20. The predicted molar refractivity (Wildman–Crippen MR) is 104 cm³/mol. The Hall–Kier alpha value is -1.06. The highest BCUT2D eigenvalue weighted by atomic mass is 16.5. The van der Waals surface area contributed by atoms with E-state index in [1.807, 2.05) is 0 Å². The highest BCUT2D eigenvalue weighted by Gasteiger charge is 2.50. The molecule has 4 fully saturated rings. The van der Waals surface area contributed by atoms with Crippen molar-refractivity contribution in [2.24, 2.45) is 5.92 Å². The predicted octanol–water partition coefficient (Wildman–Crippen LogP) is 0.226. The number of morpholine rings is 1. The Balaban J connectivity index is 1.33. The molecule has 148 valence electrons. The molecule has 4 aliphatic rings. The Morgan fingerprint density at radius 3 is 2.81 bits per heavy atom. The maximum Gasteiger partial charge on any atom is 0.130 e. The number of rotatable bonds is 4. The zero-order valence-corrected chi connectivity index (χ0v) is 15.9. The van der Waals surface area contributed by atoms with E-state index in [9.17, 15) is 0 Å². The molecule has 1 aliphatic carbocycles. The fourth-order valence-corrected chi connectivity index (χ4v) is 5.37. The summed E-state index contributed by atoms with van der Waals surface area (Å²) < 4.78 is 5.62. The van der Waals surface area contributed by atoms with Gasteiger partial charge in [0, 0.05) is 37.6 Å². The molecule has 4 N–H and O–H groups in total. The quantitative estimate of drug-likeness (QED) is 0.603. The number of nitrogens with one attached hydrogen (secondary N) is 4. The molecule has 0 spiro atoms. The number of hydrazine groups is 1. The molecule has 5 unspecified atom stereocenters. The van der Waals surface area contributed by atoms with Crippen LogP contribution >= 0.6 is 0 Å². The Kier molecular flexibility index (Phi) is 5.42. The largest absolute Gasteiger partial charge is 0.379 e. The van der Waals surface area contributed by atoms with Crippen molar-refractivity contribution in [1.82, 2.24) is 31.3 Å². The molecule has 0 aromatic heterocycles. The van der Waals surface area contributed by atoms with E-state index in [1.165, 1.54) is 24.8 Å². The standard InChI is InChI=1S/C20H32N6O/c1-2-5-15(6-3-1)13-21-17-8-4-7-16-18(17)24-20-22-14-23-26(20)19(16)25-9-11-27-12-10-25/h1-3,5-6,16-24H,4,7-14H2. The lowest BCUT2D eigenvalue weighted by molar-refractivity contribution is -0.128. The SMILES string of the molecule is c1ccc(CNC2CCCC3C2NC2NCNN2C3N2CCOCC2)cc1. The molecule has 1 aromatic rings. The Labute approximate surface area is 161 Å². The Bertz CT molecular complexity index is 610. The summed E-state index contributed by atoms with van der Waals surface area (Å²) in [5.74, 6) is 0.619. The average molecular weight is 373 g/mol. The van der Waals surface area contributed by atoms with E-state index in [-0.39, 0.29) is 6.29 Å². The number of hydrogen-bond acceptors (Lipinski definition) is 7. The van der Waals surface area contributed by atoms with Gasteiger partial charge in [-0.25, -0.2) is 5.43 Å². The third-order valence-corrected chi connectivity index (χ3v) is 6.63. The van der Waals surface area contributed by atoms with Gasteiger partial charge in [0.2, 0.25) is 0 Å². The molecule has 1 saturated carbocycles. The molecule has 0 bridgehead atoms. The van der Waals surface area contributed by atoms with Gasteiger partial charge in [0.05, 0.1) is 26.0 Å². The molecule has 7 nitrogen and oxygen atoms in total. The molecule has 7 heteroatoms. The van der Waals surface area contributed by atoms with Gasteiger partial charge in [0.25, 0.3) is 0 Å². The first-order valence-corrected chi connectivity index (χ1v) is 10.5. The van der Waals surface area contributed by atoms with Crippen LogP contribution in [0.3, 0.4) is 0 Å². The summed E-state index contributed by atoms with van der Waals surface area (Å²) >= 11 is 0. The van der Waals surface area contributed by atoms with Crippen molar-refractivity contribution in [2.45, 2.75) is 50.3 Å². The monoisotopic (exact) mass is 372 g/mol. The van der Waals surface area contributed by atoms with E-state index in [0.29, 0.717) is 24.2 Å². The van der Waals surface area contributed by atoms with Crippen LogP contribution in [0.1, 0.15) is 24.8 Å². The molecule has 0 amide bonds. The third kappa shape index (κ3) is 3.65. The normalized spacial score (nSPS) is 37.7. The van der Waals surface area contributed by atoms with E-state index in [0.717, 1.165) is 39.5 Å². The second kappa shape index (κ2) is 8.13. The van der Waals surface area contributed by atoms with Crippen LogP contribution < -0.4 is 21.4 Å². The molecule has 3 saturated heterocycles. The molecule has 1 aromatic carbocycles. The fourth-order valence-electron chi connectivity index (χ4n) is 5.37. The number of fused-ring (bicyclic) bond motifs is 2. The van der Waals surface area contributed by atoms with Gasteiger partial charge in [-0.15, -0.1) is 0 Å². The summed E-state index contributed by atoms with van der Waals surface area (Å²) in [5.41, 5.74) is 4.93. The number of hydrogen-bond donors (Lipinski definition) is 4. The minimum absolute atomic E-state index is 0.207. The minimum atomic E-state index is 0.207. The smallest absolute Gasteiger partial charge is 0.130 e. The Morgan fingerprint density at radius 1 is 1.11 bits per heavy atom. The van der Waals surface area contributed by atoms with Crippen LogP contribution in [0.15, 0.2) is 30.3 Å². The van der Waals surface area contributed by atoms with Gasteiger partial charge in [0.1, 0.15) is 6.29 Å². The first kappa shape index (κ1) is 18.0. The molecule has 27 heavy (non-hydrogen) atoms. The van der Waals surface area contributed by atoms with Crippen LogP contribution in [0.25, 0.3) is 0 Å². The van der Waals surface area contributed by atoms with Crippen molar-refractivity contribution in [3.05, 3.63) is 35.9 Å². The number of ether oxygens (including phenoxy) is 1. The molecule has 5 rings (SSSR count). The maximum atomic E-state index is 5.62. The van der Waals surface area contributed by atoms with Crippen LogP contribution in [0.4, 0.5) is 0 Å². The van der Waals surface area contributed by atoms with Crippen molar-refractivity contribution < 1.29 is 4.74 Å². The van der Waals surface area contributed by atoms with Gasteiger partial charge in [-0.2, -0.15) is 5.01 Å². The van der Waals surface area contributed by atoms with E-state index in [1.54, 1.807) is 0 Å². The second-order valence-corrected chi connectivity index (χ2v) is 8.17. The van der Waals surface area contributed by atoms with Gasteiger partial charge in [-0.3, -0.25) is 15.5 Å². The number of benzene rings is 1. The summed E-state index contributed by atoms with van der Waals surface area (Å²) in [7, 11) is 0. The first-order valence-electron chi connectivity index (χ1n) is 10.5. The molecule has 5 atom stereocenters. The molecule has 0 radical (unpaired) electrons. The van der Waals surface area contributed by atoms with Gasteiger partial charge in [-0.05, 0) is 18.4 Å². The maximum absolute atomic E-state index is 5.62. The molecular formula is C20H32N6O. The zero-order chi connectivity index (χ0) is 18.1. The third-order valence-electron chi connectivity index (χ3n) is 6.63. The summed E-state index contributed by atoms with van der Waals surface area (Å²) in [6.07, 6.45) is 4.47. The fraction of sp³-hybridized carbons (Fsp3) is 0.700. The summed E-state index contributed by atoms with van der Waals surface area (Å²) in [5, 5.41) is 13.8. The summed E-state index contributed by atoms with van der Waals surface area (Å²) in [4.78, 5) is 2.63. The van der Waals surface area contributed by atoms with Crippen LogP contribution in [0.2, 0.25) is 0 Å². The van der Waals surface area contributed by atoms with E-state index in [4.69, 9.17) is 4.74 Å². The van der Waals surface area contributed by atoms with Crippen LogP contribution in [-0.4, -0.2) is 67.4 Å². The summed E-state index contributed by atoms with van der Waals surface area (Å²) in [6.45, 7) is 5.53. The highest BCUT2D eigenvalue weighted by molar-refractivity contribution is 5.15. The van der Waals surface area contributed by atoms with Crippen LogP contribution in [0, 0.1) is 5.92 Å². The van der Waals surface area contributed by atoms with Crippen molar-refractivity contribution in [3.63, 3.8) is 0 Å². The topological polar surface area (TPSA) is 63.8 Å².